The molecule has 1 amide bonds. The fourth-order valence-electron chi connectivity index (χ4n) is 2.26. The molecular formula is C14H19BrClN3O2S. The summed E-state index contributed by atoms with van der Waals surface area (Å²) in [5.41, 5.74) is 1.05. The first kappa shape index (κ1) is 19.4. The number of aromatic nitrogens is 1. The van der Waals surface area contributed by atoms with E-state index in [-0.39, 0.29) is 11.9 Å². The van der Waals surface area contributed by atoms with E-state index in [9.17, 15) is 4.79 Å². The number of nitrogens with zero attached hydrogens (tertiary/aromatic N) is 3. The second-order valence-corrected chi connectivity index (χ2v) is 6.41. The molecule has 1 aliphatic rings. The molecule has 2 heterocycles. The maximum Gasteiger partial charge on any atom is 0.246 e. The van der Waals surface area contributed by atoms with Crippen LogP contribution in [0.3, 0.4) is 0 Å². The van der Waals surface area contributed by atoms with Crippen LogP contribution >= 0.6 is 39.5 Å². The minimum absolute atomic E-state index is 0.0324. The Bertz CT molecular complexity index is 513. The third-order valence-electron chi connectivity index (χ3n) is 3.22. The first-order chi connectivity index (χ1) is 10.5. The Morgan fingerprint density at radius 3 is 2.77 bits per heavy atom. The predicted octanol–water partition coefficient (Wildman–Crippen LogP) is 2.76. The average molecular weight is 409 g/mol. The molecule has 0 bridgehead atoms. The second kappa shape index (κ2) is 9.52. The summed E-state index contributed by atoms with van der Waals surface area (Å²) < 4.78 is 2.96. The molecule has 0 radical (unpaired) electrons. The second-order valence-electron chi connectivity index (χ2n) is 4.37. The molecule has 1 saturated heterocycles. The summed E-state index contributed by atoms with van der Waals surface area (Å²) >= 11 is 11.1. The lowest BCUT2D eigenvalue weighted by Crippen LogP contribution is -2.47. The van der Waals surface area contributed by atoms with Crippen LogP contribution < -0.4 is 0 Å². The Morgan fingerprint density at radius 1 is 1.55 bits per heavy atom. The van der Waals surface area contributed by atoms with Crippen molar-refractivity contribution in [3.63, 3.8) is 0 Å². The Kier molecular flexibility index (Phi) is 8.41. The normalized spacial score (nSPS) is 18.4. The number of halogens is 2. The van der Waals surface area contributed by atoms with Crippen molar-refractivity contribution in [3.05, 3.63) is 40.1 Å². The van der Waals surface area contributed by atoms with E-state index in [4.69, 9.17) is 16.7 Å². The number of hydrogen-bond acceptors (Lipinski definition) is 5. The monoisotopic (exact) mass is 407 g/mol. The van der Waals surface area contributed by atoms with Crippen molar-refractivity contribution < 1.29 is 9.90 Å². The molecule has 1 aromatic heterocycles. The zero-order valence-electron chi connectivity index (χ0n) is 12.5. The summed E-state index contributed by atoms with van der Waals surface area (Å²) in [6.45, 7) is 5.69. The Labute approximate surface area is 148 Å². The van der Waals surface area contributed by atoms with Gasteiger partial charge in [-0.2, -0.15) is 0 Å². The maximum absolute atomic E-state index is 11.8. The van der Waals surface area contributed by atoms with Crippen LogP contribution in [0, 0.1) is 0 Å². The minimum Gasteiger partial charge on any atom is -0.400 e. The van der Waals surface area contributed by atoms with Crippen LogP contribution in [0.4, 0.5) is 0 Å². The van der Waals surface area contributed by atoms with E-state index in [0.717, 1.165) is 19.2 Å². The number of rotatable bonds is 3. The highest BCUT2D eigenvalue weighted by molar-refractivity contribution is 9.10. The minimum atomic E-state index is -0.0324. The molecule has 1 N–H and O–H groups in total. The fraction of sp³-hybridized carbons (Fsp3) is 0.429. The van der Waals surface area contributed by atoms with Crippen molar-refractivity contribution >= 4 is 45.4 Å². The topological polar surface area (TPSA) is 56.7 Å². The van der Waals surface area contributed by atoms with E-state index in [1.54, 1.807) is 11.9 Å². The standard InChI is InChI=1S/C13H15BrClN3OS.CH4O/c1-3-13(19)17-4-5-18(20-2)10(8-17)9-6-11(14)16-12(15)7-9;1-2/h3,6-7,10H,1,4-5,8H2,2H3;2H,1H3. The lowest BCUT2D eigenvalue weighted by molar-refractivity contribution is -0.128. The third kappa shape index (κ3) is 4.96. The van der Waals surface area contributed by atoms with Gasteiger partial charge in [0, 0.05) is 26.7 Å². The van der Waals surface area contributed by atoms with Crippen LogP contribution in [0.15, 0.2) is 29.4 Å². The van der Waals surface area contributed by atoms with Gasteiger partial charge in [0.05, 0.1) is 6.04 Å². The average Bonchev–Trinajstić information content (AvgIpc) is 2.54. The molecule has 1 atom stereocenters. The molecular weight excluding hydrogens is 390 g/mol. The van der Waals surface area contributed by atoms with E-state index >= 15 is 0 Å². The van der Waals surface area contributed by atoms with E-state index in [2.05, 4.69) is 31.8 Å². The maximum atomic E-state index is 11.8. The highest BCUT2D eigenvalue weighted by atomic mass is 79.9. The van der Waals surface area contributed by atoms with Crippen molar-refractivity contribution in [3.8, 4) is 0 Å². The quantitative estimate of drug-likeness (QED) is 0.473. The van der Waals surface area contributed by atoms with Crippen LogP contribution in [0.2, 0.25) is 5.15 Å². The molecule has 1 aliphatic heterocycles. The largest absolute Gasteiger partial charge is 0.400 e. The fourth-order valence-corrected chi connectivity index (χ4v) is 3.74. The number of amides is 1. The number of pyridine rings is 1. The van der Waals surface area contributed by atoms with Gasteiger partial charge < -0.3 is 10.0 Å². The first-order valence-corrected chi connectivity index (χ1v) is 8.90. The molecule has 0 spiro atoms. The summed E-state index contributed by atoms with van der Waals surface area (Å²) in [4.78, 5) is 17.7. The molecule has 1 fully saturated rings. The Balaban J connectivity index is 0.00000116. The number of carbonyl (C=O) groups excluding carboxylic acids is 1. The third-order valence-corrected chi connectivity index (χ3v) is 4.73. The lowest BCUT2D eigenvalue weighted by atomic mass is 10.1. The van der Waals surface area contributed by atoms with Crippen LogP contribution in [0.1, 0.15) is 11.6 Å². The highest BCUT2D eigenvalue weighted by Gasteiger charge is 2.30. The Hall–Kier alpha value is -0.600. The molecule has 1 unspecified atom stereocenters. The molecule has 5 nitrogen and oxygen atoms in total. The predicted molar refractivity (Wildman–Crippen MR) is 94.8 cm³/mol. The SMILES string of the molecule is C=CC(=O)N1CCN(SC)C(c2cc(Cl)nc(Br)c2)C1.CO. The molecule has 2 rings (SSSR count). The molecule has 122 valence electrons. The summed E-state index contributed by atoms with van der Waals surface area (Å²) in [5, 5.41) is 7.45. The van der Waals surface area contributed by atoms with Crippen LogP contribution in [0.25, 0.3) is 0 Å². The molecule has 22 heavy (non-hydrogen) atoms. The van der Waals surface area contributed by atoms with E-state index in [0.29, 0.717) is 22.8 Å². The molecule has 0 saturated carbocycles. The van der Waals surface area contributed by atoms with Gasteiger partial charge >= 0.3 is 0 Å². The van der Waals surface area contributed by atoms with E-state index < -0.39 is 0 Å². The molecule has 1 aromatic rings. The number of carbonyl (C=O) groups is 1. The summed E-state index contributed by atoms with van der Waals surface area (Å²) in [6.07, 6.45) is 3.40. The van der Waals surface area contributed by atoms with Crippen molar-refractivity contribution in [2.75, 3.05) is 33.0 Å². The first-order valence-electron chi connectivity index (χ1n) is 6.55. The van der Waals surface area contributed by atoms with Crippen LogP contribution in [-0.2, 0) is 4.79 Å². The molecule has 0 aromatic carbocycles. The van der Waals surface area contributed by atoms with Gasteiger partial charge in [0.1, 0.15) is 9.76 Å². The van der Waals surface area contributed by atoms with Crippen molar-refractivity contribution in [1.82, 2.24) is 14.2 Å². The number of aliphatic hydroxyl groups excluding tert-OH is 1. The van der Waals surface area contributed by atoms with Gasteiger partial charge in [0.2, 0.25) is 5.91 Å². The van der Waals surface area contributed by atoms with Gasteiger partial charge in [-0.25, -0.2) is 9.29 Å². The van der Waals surface area contributed by atoms with Crippen LogP contribution in [-0.4, -0.2) is 58.2 Å². The van der Waals surface area contributed by atoms with Gasteiger partial charge in [-0.15, -0.1) is 0 Å². The van der Waals surface area contributed by atoms with Crippen molar-refractivity contribution in [2.45, 2.75) is 6.04 Å². The zero-order valence-corrected chi connectivity index (χ0v) is 15.7. The van der Waals surface area contributed by atoms with Crippen molar-refractivity contribution in [1.29, 1.82) is 0 Å². The van der Waals surface area contributed by atoms with Gasteiger partial charge in [0.15, 0.2) is 0 Å². The van der Waals surface area contributed by atoms with E-state index in [1.165, 1.54) is 6.08 Å². The van der Waals surface area contributed by atoms with Crippen molar-refractivity contribution in [2.24, 2.45) is 0 Å². The highest BCUT2D eigenvalue weighted by Crippen LogP contribution is 2.32. The van der Waals surface area contributed by atoms with Crippen LogP contribution in [0.5, 0.6) is 0 Å². The van der Waals surface area contributed by atoms with Gasteiger partial charge in [-0.1, -0.05) is 30.1 Å². The Morgan fingerprint density at radius 2 is 2.23 bits per heavy atom. The summed E-state index contributed by atoms with van der Waals surface area (Å²) in [5.74, 6) is -0.0324. The van der Waals surface area contributed by atoms with Gasteiger partial charge in [-0.3, -0.25) is 4.79 Å². The number of hydrogen-bond donors (Lipinski definition) is 1. The lowest BCUT2D eigenvalue weighted by Gasteiger charge is -2.40. The summed E-state index contributed by atoms with van der Waals surface area (Å²) in [6, 6.07) is 3.89. The number of piperazine rings is 1. The van der Waals surface area contributed by atoms with Gasteiger partial charge in [0.25, 0.3) is 0 Å². The molecule has 8 heteroatoms. The smallest absolute Gasteiger partial charge is 0.246 e. The van der Waals surface area contributed by atoms with E-state index in [1.807, 2.05) is 23.3 Å². The van der Waals surface area contributed by atoms with Gasteiger partial charge in [-0.05, 0) is 46.0 Å². The zero-order chi connectivity index (χ0) is 16.7. The molecule has 0 aliphatic carbocycles. The number of aliphatic hydroxyl groups is 1. The summed E-state index contributed by atoms with van der Waals surface area (Å²) in [7, 11) is 1.00.